The average Bonchev–Trinajstić information content (AvgIpc) is 2.21. The maximum absolute atomic E-state index is 11.3. The smallest absolute Gasteiger partial charge is 0.235 e. The Labute approximate surface area is 101 Å². The molecule has 0 bridgehead atoms. The van der Waals surface area contributed by atoms with Crippen molar-refractivity contribution in [2.24, 2.45) is 0 Å². The van der Waals surface area contributed by atoms with Crippen LogP contribution in [0, 0.1) is 0 Å². The molecule has 1 amide bonds. The molecule has 0 fully saturated rings. The van der Waals surface area contributed by atoms with Gasteiger partial charge in [-0.15, -0.1) is 0 Å². The SMILES string of the molecule is CC(=O)C(Cc1ccc(O)c(O)c1)NC(=O)P. The minimum Gasteiger partial charge on any atom is -0.504 e. The first-order valence-electron chi connectivity index (χ1n) is 4.97. The Morgan fingerprint density at radius 2 is 2.00 bits per heavy atom. The zero-order chi connectivity index (χ0) is 13.0. The quantitative estimate of drug-likeness (QED) is 0.557. The fourth-order valence-corrected chi connectivity index (χ4v) is 1.60. The Kier molecular flexibility index (Phi) is 4.46. The molecule has 1 aromatic carbocycles. The van der Waals surface area contributed by atoms with Crippen molar-refractivity contribution in [3.05, 3.63) is 23.8 Å². The highest BCUT2D eigenvalue weighted by molar-refractivity contribution is 7.39. The lowest BCUT2D eigenvalue weighted by Gasteiger charge is -2.14. The van der Waals surface area contributed by atoms with E-state index in [2.05, 4.69) is 5.32 Å². The Hall–Kier alpha value is -1.61. The number of hydrogen-bond donors (Lipinski definition) is 3. The summed E-state index contributed by atoms with van der Waals surface area (Å²) in [6, 6.07) is 3.65. The summed E-state index contributed by atoms with van der Waals surface area (Å²) < 4.78 is 0. The van der Waals surface area contributed by atoms with Crippen LogP contribution in [-0.4, -0.2) is 27.7 Å². The molecule has 1 aromatic rings. The number of hydrogen-bond acceptors (Lipinski definition) is 4. The van der Waals surface area contributed by atoms with Gasteiger partial charge in [-0.05, 0) is 40.3 Å². The standard InChI is InChI=1S/C11H14NO4P/c1-6(13)8(12-11(16)17)4-7-2-3-9(14)10(15)5-7/h2-3,5,8,14-15H,4,17H2,1H3,(H,12,16). The van der Waals surface area contributed by atoms with Crippen LogP contribution in [0.3, 0.4) is 0 Å². The molecule has 17 heavy (non-hydrogen) atoms. The molecule has 0 aliphatic carbocycles. The molecule has 0 aliphatic heterocycles. The fourth-order valence-electron chi connectivity index (χ4n) is 1.40. The molecule has 92 valence electrons. The van der Waals surface area contributed by atoms with Gasteiger partial charge in [0.2, 0.25) is 5.65 Å². The Bertz CT molecular complexity index is 447. The van der Waals surface area contributed by atoms with Crippen LogP contribution in [0.1, 0.15) is 12.5 Å². The van der Waals surface area contributed by atoms with Crippen molar-refractivity contribution in [2.75, 3.05) is 0 Å². The van der Waals surface area contributed by atoms with Crippen molar-refractivity contribution in [3.8, 4) is 11.5 Å². The van der Waals surface area contributed by atoms with Gasteiger partial charge in [0.15, 0.2) is 17.3 Å². The molecular weight excluding hydrogens is 241 g/mol. The highest BCUT2D eigenvalue weighted by atomic mass is 31.0. The first kappa shape index (κ1) is 13.5. The van der Waals surface area contributed by atoms with E-state index in [0.29, 0.717) is 5.56 Å². The third kappa shape index (κ3) is 4.04. The largest absolute Gasteiger partial charge is 0.504 e. The molecule has 0 radical (unpaired) electrons. The van der Waals surface area contributed by atoms with Gasteiger partial charge in [-0.1, -0.05) is 6.07 Å². The van der Waals surface area contributed by atoms with Gasteiger partial charge in [0, 0.05) is 0 Å². The molecular formula is C11H14NO4P. The van der Waals surface area contributed by atoms with E-state index in [0.717, 1.165) is 0 Å². The molecule has 0 saturated carbocycles. The van der Waals surface area contributed by atoms with Crippen LogP contribution in [0.2, 0.25) is 0 Å². The molecule has 0 aliphatic rings. The molecule has 1 rings (SSSR count). The van der Waals surface area contributed by atoms with Crippen molar-refractivity contribution in [1.29, 1.82) is 0 Å². The number of carbonyl (C=O) groups is 2. The Morgan fingerprint density at radius 1 is 1.35 bits per heavy atom. The lowest BCUT2D eigenvalue weighted by Crippen LogP contribution is -2.38. The van der Waals surface area contributed by atoms with Crippen LogP contribution in [0.25, 0.3) is 0 Å². The van der Waals surface area contributed by atoms with Gasteiger partial charge in [0.05, 0.1) is 6.04 Å². The molecule has 0 aromatic heterocycles. The van der Waals surface area contributed by atoms with Gasteiger partial charge >= 0.3 is 0 Å². The molecule has 0 spiro atoms. The molecule has 0 heterocycles. The summed E-state index contributed by atoms with van der Waals surface area (Å²) in [5.74, 6) is -0.640. The minimum atomic E-state index is -0.635. The number of aromatic hydroxyl groups is 2. The van der Waals surface area contributed by atoms with Crippen LogP contribution in [-0.2, 0) is 11.2 Å². The summed E-state index contributed by atoms with van der Waals surface area (Å²) in [7, 11) is 1.94. The molecule has 6 heteroatoms. The maximum Gasteiger partial charge on any atom is 0.235 e. The number of ketones is 1. The number of carbonyl (C=O) groups excluding carboxylic acids is 2. The minimum absolute atomic E-state index is 0.173. The third-order valence-electron chi connectivity index (χ3n) is 2.29. The van der Waals surface area contributed by atoms with Crippen molar-refractivity contribution in [3.63, 3.8) is 0 Å². The number of phenols is 2. The normalized spacial score (nSPS) is 11.9. The van der Waals surface area contributed by atoms with Crippen molar-refractivity contribution >= 4 is 20.7 Å². The molecule has 2 atom stereocenters. The topological polar surface area (TPSA) is 86.6 Å². The van der Waals surface area contributed by atoms with Crippen LogP contribution in [0.4, 0.5) is 4.79 Å². The number of phenolic OH excluding ortho intramolecular Hbond substituents is 2. The summed E-state index contributed by atoms with van der Waals surface area (Å²) in [5.41, 5.74) is 0.285. The Balaban J connectivity index is 2.82. The lowest BCUT2D eigenvalue weighted by molar-refractivity contribution is -0.118. The first-order chi connectivity index (χ1) is 7.90. The maximum atomic E-state index is 11.3. The van der Waals surface area contributed by atoms with Gasteiger partial charge < -0.3 is 15.5 Å². The summed E-state index contributed by atoms with van der Waals surface area (Å²) >= 11 is 0. The van der Waals surface area contributed by atoms with E-state index in [-0.39, 0.29) is 29.4 Å². The molecule has 2 unspecified atom stereocenters. The second-order valence-electron chi connectivity index (χ2n) is 3.70. The summed E-state index contributed by atoms with van der Waals surface area (Å²) in [4.78, 5) is 22.2. The first-order valence-corrected chi connectivity index (χ1v) is 5.55. The van der Waals surface area contributed by atoms with Gasteiger partial charge in [-0.2, -0.15) is 0 Å². The van der Waals surface area contributed by atoms with Crippen LogP contribution >= 0.6 is 9.24 Å². The fraction of sp³-hybridized carbons (Fsp3) is 0.273. The predicted molar refractivity (Wildman–Crippen MR) is 66.2 cm³/mol. The summed E-state index contributed by atoms with van der Waals surface area (Å²) in [6.07, 6.45) is 0.267. The van der Waals surface area contributed by atoms with Gasteiger partial charge in [0.1, 0.15) is 0 Å². The van der Waals surface area contributed by atoms with E-state index >= 15 is 0 Å². The summed E-state index contributed by atoms with van der Waals surface area (Å²) in [6.45, 7) is 1.38. The van der Waals surface area contributed by atoms with E-state index in [1.807, 2.05) is 9.24 Å². The van der Waals surface area contributed by atoms with Crippen LogP contribution < -0.4 is 5.32 Å². The highest BCUT2D eigenvalue weighted by Gasteiger charge is 2.16. The average molecular weight is 255 g/mol. The monoisotopic (exact) mass is 255 g/mol. The summed E-state index contributed by atoms with van der Waals surface area (Å²) in [5, 5.41) is 20.9. The molecule has 5 nitrogen and oxygen atoms in total. The van der Waals surface area contributed by atoms with Gasteiger partial charge in [-0.3, -0.25) is 9.59 Å². The Morgan fingerprint density at radius 3 is 2.47 bits per heavy atom. The van der Waals surface area contributed by atoms with E-state index in [9.17, 15) is 14.7 Å². The van der Waals surface area contributed by atoms with E-state index < -0.39 is 6.04 Å². The van der Waals surface area contributed by atoms with Crippen molar-refractivity contribution in [2.45, 2.75) is 19.4 Å². The van der Waals surface area contributed by atoms with Crippen molar-refractivity contribution in [1.82, 2.24) is 5.32 Å². The number of benzene rings is 1. The molecule has 3 N–H and O–H groups in total. The van der Waals surface area contributed by atoms with Crippen LogP contribution in [0.15, 0.2) is 18.2 Å². The number of rotatable bonds is 4. The number of nitrogens with one attached hydrogen (secondary N) is 1. The second-order valence-corrected chi connectivity index (χ2v) is 4.22. The predicted octanol–water partition coefficient (Wildman–Crippen LogP) is 1.18. The van der Waals surface area contributed by atoms with Crippen LogP contribution in [0.5, 0.6) is 11.5 Å². The zero-order valence-electron chi connectivity index (χ0n) is 9.30. The second kappa shape index (κ2) is 5.64. The van der Waals surface area contributed by atoms with E-state index in [4.69, 9.17) is 5.11 Å². The molecule has 0 saturated heterocycles. The zero-order valence-corrected chi connectivity index (χ0v) is 10.5. The third-order valence-corrected chi connectivity index (χ3v) is 2.45. The van der Waals surface area contributed by atoms with Crippen molar-refractivity contribution < 1.29 is 19.8 Å². The highest BCUT2D eigenvalue weighted by Crippen LogP contribution is 2.25. The van der Waals surface area contributed by atoms with E-state index in [1.54, 1.807) is 6.07 Å². The van der Waals surface area contributed by atoms with Gasteiger partial charge in [0.25, 0.3) is 0 Å². The van der Waals surface area contributed by atoms with E-state index in [1.165, 1.54) is 19.1 Å². The number of Topliss-reactive ketones (excluding diaryl/α,β-unsaturated/α-hetero) is 1. The van der Waals surface area contributed by atoms with Gasteiger partial charge in [-0.25, -0.2) is 0 Å². The number of amides is 1. The lowest BCUT2D eigenvalue weighted by atomic mass is 10.0.